The normalized spacial score (nSPS) is 13.0. The summed E-state index contributed by atoms with van der Waals surface area (Å²) < 4.78 is 39.1. The molecule has 0 saturated heterocycles. The zero-order chi connectivity index (χ0) is 15.5. The lowest BCUT2D eigenvalue weighted by atomic mass is 10.1. The van der Waals surface area contributed by atoms with E-state index in [1.165, 1.54) is 23.5 Å². The molecule has 0 aliphatic rings. The SMILES string of the molecule is C=CCC(Nc1ccccc1C(F)(F)F)c1sccc1C. The first kappa shape index (κ1) is 15.6. The van der Waals surface area contributed by atoms with Gasteiger partial charge in [-0.2, -0.15) is 13.2 Å². The summed E-state index contributed by atoms with van der Waals surface area (Å²) in [5.41, 5.74) is 0.529. The first-order valence-corrected chi connectivity index (χ1v) is 7.39. The molecule has 0 fully saturated rings. The van der Waals surface area contributed by atoms with Gasteiger partial charge in [0.1, 0.15) is 0 Å². The summed E-state index contributed by atoms with van der Waals surface area (Å²) in [7, 11) is 0. The van der Waals surface area contributed by atoms with E-state index in [0.717, 1.165) is 16.5 Å². The fraction of sp³-hybridized carbons (Fsp3) is 0.250. The van der Waals surface area contributed by atoms with Crippen LogP contribution >= 0.6 is 11.3 Å². The molecule has 2 aromatic rings. The van der Waals surface area contributed by atoms with Gasteiger partial charge in [0.25, 0.3) is 0 Å². The highest BCUT2D eigenvalue weighted by Crippen LogP contribution is 2.37. The Kier molecular flexibility index (Phi) is 4.73. The van der Waals surface area contributed by atoms with Gasteiger partial charge < -0.3 is 5.32 Å². The van der Waals surface area contributed by atoms with Gasteiger partial charge in [-0.25, -0.2) is 0 Å². The largest absolute Gasteiger partial charge is 0.418 e. The van der Waals surface area contributed by atoms with Crippen LogP contribution in [0.3, 0.4) is 0 Å². The van der Waals surface area contributed by atoms with Crippen LogP contribution in [0.5, 0.6) is 0 Å². The molecule has 1 heterocycles. The van der Waals surface area contributed by atoms with Gasteiger partial charge in [-0.3, -0.25) is 0 Å². The summed E-state index contributed by atoms with van der Waals surface area (Å²) in [5.74, 6) is 0. The molecular formula is C16H16F3NS. The average Bonchev–Trinajstić information content (AvgIpc) is 2.84. The minimum absolute atomic E-state index is 0.102. The Morgan fingerprint density at radius 3 is 2.57 bits per heavy atom. The molecule has 1 aromatic heterocycles. The summed E-state index contributed by atoms with van der Waals surface area (Å²) in [6.07, 6.45) is -2.09. The van der Waals surface area contributed by atoms with E-state index in [2.05, 4.69) is 11.9 Å². The van der Waals surface area contributed by atoms with Crippen molar-refractivity contribution < 1.29 is 13.2 Å². The predicted molar refractivity (Wildman–Crippen MR) is 81.7 cm³/mol. The molecule has 0 spiro atoms. The van der Waals surface area contributed by atoms with Crippen LogP contribution in [0.25, 0.3) is 0 Å². The second-order valence-corrected chi connectivity index (χ2v) is 5.68. The number of rotatable bonds is 5. The standard InChI is InChI=1S/C16H16F3NS/c1-3-6-14(15-11(2)9-10-21-15)20-13-8-5-4-7-12(13)16(17,18)19/h3-5,7-10,14,20H,1,6H2,2H3. The van der Waals surface area contributed by atoms with Gasteiger partial charge in [0, 0.05) is 10.6 Å². The summed E-state index contributed by atoms with van der Waals surface area (Å²) >= 11 is 1.54. The van der Waals surface area contributed by atoms with Gasteiger partial charge in [0.05, 0.1) is 11.6 Å². The zero-order valence-electron chi connectivity index (χ0n) is 11.6. The van der Waals surface area contributed by atoms with Crippen LogP contribution in [0.2, 0.25) is 0 Å². The van der Waals surface area contributed by atoms with Crippen LogP contribution in [-0.2, 0) is 6.18 Å². The van der Waals surface area contributed by atoms with Crippen molar-refractivity contribution in [1.82, 2.24) is 0 Å². The molecule has 0 aliphatic carbocycles. The summed E-state index contributed by atoms with van der Waals surface area (Å²) in [5, 5.41) is 4.96. The maximum Gasteiger partial charge on any atom is 0.418 e. The summed E-state index contributed by atoms with van der Waals surface area (Å²) in [4.78, 5) is 1.03. The number of halogens is 3. The highest BCUT2D eigenvalue weighted by Gasteiger charge is 2.33. The minimum atomic E-state index is -4.37. The molecule has 0 amide bonds. The van der Waals surface area contributed by atoms with Crippen molar-refractivity contribution in [2.75, 3.05) is 5.32 Å². The van der Waals surface area contributed by atoms with Crippen molar-refractivity contribution in [1.29, 1.82) is 0 Å². The molecule has 0 saturated carbocycles. The topological polar surface area (TPSA) is 12.0 Å². The summed E-state index contributed by atoms with van der Waals surface area (Å²) in [6.45, 7) is 5.65. The minimum Gasteiger partial charge on any atom is -0.377 e. The van der Waals surface area contributed by atoms with E-state index < -0.39 is 11.7 Å². The molecule has 21 heavy (non-hydrogen) atoms. The number of para-hydroxylation sites is 1. The van der Waals surface area contributed by atoms with Crippen LogP contribution < -0.4 is 5.32 Å². The van der Waals surface area contributed by atoms with Crippen molar-refractivity contribution in [3.8, 4) is 0 Å². The highest BCUT2D eigenvalue weighted by molar-refractivity contribution is 7.10. The van der Waals surface area contributed by atoms with Crippen LogP contribution in [0, 0.1) is 6.92 Å². The molecule has 0 radical (unpaired) electrons. The van der Waals surface area contributed by atoms with Crippen molar-refractivity contribution in [2.24, 2.45) is 0 Å². The van der Waals surface area contributed by atoms with E-state index in [1.54, 1.807) is 12.1 Å². The lowest BCUT2D eigenvalue weighted by Gasteiger charge is -2.21. The molecule has 2 rings (SSSR count). The number of alkyl halides is 3. The van der Waals surface area contributed by atoms with Crippen molar-refractivity contribution >= 4 is 17.0 Å². The van der Waals surface area contributed by atoms with Crippen LogP contribution in [0.15, 0.2) is 48.4 Å². The second kappa shape index (κ2) is 6.35. The van der Waals surface area contributed by atoms with E-state index in [0.29, 0.717) is 6.42 Å². The summed E-state index contributed by atoms with van der Waals surface area (Å²) in [6, 6.07) is 7.31. The lowest BCUT2D eigenvalue weighted by Crippen LogP contribution is -2.15. The van der Waals surface area contributed by atoms with Crippen molar-refractivity contribution in [3.05, 3.63) is 64.4 Å². The number of hydrogen-bond donors (Lipinski definition) is 1. The molecule has 0 bridgehead atoms. The molecule has 1 unspecified atom stereocenters. The number of nitrogens with one attached hydrogen (secondary N) is 1. The van der Waals surface area contributed by atoms with E-state index in [-0.39, 0.29) is 11.7 Å². The maximum absolute atomic E-state index is 13.0. The Hall–Kier alpha value is -1.75. The van der Waals surface area contributed by atoms with Gasteiger partial charge in [-0.1, -0.05) is 18.2 Å². The Morgan fingerprint density at radius 2 is 2.00 bits per heavy atom. The maximum atomic E-state index is 13.0. The van der Waals surface area contributed by atoms with E-state index >= 15 is 0 Å². The molecule has 5 heteroatoms. The molecule has 1 N–H and O–H groups in total. The number of anilines is 1. The number of hydrogen-bond acceptors (Lipinski definition) is 2. The average molecular weight is 311 g/mol. The Morgan fingerprint density at radius 1 is 1.29 bits per heavy atom. The number of benzene rings is 1. The van der Waals surface area contributed by atoms with Crippen LogP contribution in [-0.4, -0.2) is 0 Å². The first-order chi connectivity index (χ1) is 9.93. The quantitative estimate of drug-likeness (QED) is 0.688. The van der Waals surface area contributed by atoms with Crippen molar-refractivity contribution in [3.63, 3.8) is 0 Å². The van der Waals surface area contributed by atoms with Crippen molar-refractivity contribution in [2.45, 2.75) is 25.6 Å². The zero-order valence-corrected chi connectivity index (χ0v) is 12.4. The van der Waals surface area contributed by atoms with Crippen LogP contribution in [0.4, 0.5) is 18.9 Å². The Labute approximate surface area is 126 Å². The fourth-order valence-electron chi connectivity index (χ4n) is 2.18. The van der Waals surface area contributed by atoms with Gasteiger partial charge >= 0.3 is 6.18 Å². The van der Waals surface area contributed by atoms with E-state index in [4.69, 9.17) is 0 Å². The third kappa shape index (κ3) is 3.67. The highest BCUT2D eigenvalue weighted by atomic mass is 32.1. The molecule has 112 valence electrons. The molecule has 0 aliphatic heterocycles. The molecule has 1 aromatic carbocycles. The predicted octanol–water partition coefficient (Wildman–Crippen LogP) is 5.80. The lowest BCUT2D eigenvalue weighted by molar-refractivity contribution is -0.137. The first-order valence-electron chi connectivity index (χ1n) is 6.51. The fourth-order valence-corrected chi connectivity index (χ4v) is 3.18. The van der Waals surface area contributed by atoms with Gasteiger partial charge in [-0.15, -0.1) is 17.9 Å². The van der Waals surface area contributed by atoms with E-state index in [1.807, 2.05) is 18.4 Å². The second-order valence-electron chi connectivity index (χ2n) is 4.73. The number of aryl methyl sites for hydroxylation is 1. The Bertz CT molecular complexity index is 616. The van der Waals surface area contributed by atoms with E-state index in [9.17, 15) is 13.2 Å². The molecule has 1 atom stereocenters. The monoisotopic (exact) mass is 311 g/mol. The van der Waals surface area contributed by atoms with Gasteiger partial charge in [0.2, 0.25) is 0 Å². The third-order valence-corrected chi connectivity index (χ3v) is 4.32. The smallest absolute Gasteiger partial charge is 0.377 e. The molecular weight excluding hydrogens is 295 g/mol. The van der Waals surface area contributed by atoms with Gasteiger partial charge in [0.15, 0.2) is 0 Å². The van der Waals surface area contributed by atoms with Gasteiger partial charge in [-0.05, 0) is 42.5 Å². The number of thiophene rings is 1. The van der Waals surface area contributed by atoms with Crippen LogP contribution in [0.1, 0.15) is 28.5 Å². The third-order valence-electron chi connectivity index (χ3n) is 3.18. The Balaban J connectivity index is 2.34. The molecule has 1 nitrogen and oxygen atoms in total.